The molecular weight excluding hydrogens is 425 g/mol. The molecular formula is C26H25ClFN3O. The second kappa shape index (κ2) is 9.79. The molecule has 2 atom stereocenters. The first-order valence-corrected chi connectivity index (χ1v) is 11.1. The molecule has 0 unspecified atom stereocenters. The Bertz CT molecular complexity index is 1100. The average Bonchev–Trinajstić information content (AvgIpc) is 2.80. The zero-order valence-corrected chi connectivity index (χ0v) is 18.6. The van der Waals surface area contributed by atoms with E-state index in [4.69, 9.17) is 16.9 Å². The minimum absolute atomic E-state index is 0.390. The van der Waals surface area contributed by atoms with Gasteiger partial charge in [0.1, 0.15) is 12.3 Å². The van der Waals surface area contributed by atoms with Crippen LogP contribution in [0.3, 0.4) is 0 Å². The number of hydrogen-bond acceptors (Lipinski definition) is 4. The maximum atomic E-state index is 13.9. The van der Waals surface area contributed by atoms with Gasteiger partial charge in [-0.3, -0.25) is 9.88 Å². The van der Waals surface area contributed by atoms with Crippen molar-refractivity contribution in [1.29, 1.82) is 5.26 Å². The molecule has 1 fully saturated rings. The van der Waals surface area contributed by atoms with E-state index in [9.17, 15) is 9.50 Å². The van der Waals surface area contributed by atoms with Crippen LogP contribution >= 0.6 is 11.6 Å². The van der Waals surface area contributed by atoms with Crippen LogP contribution in [-0.2, 0) is 0 Å². The van der Waals surface area contributed by atoms with Gasteiger partial charge in [-0.15, -0.1) is 0 Å². The first-order chi connectivity index (χ1) is 15.5. The number of nitriles is 1. The van der Waals surface area contributed by atoms with Crippen molar-refractivity contribution in [3.63, 3.8) is 0 Å². The molecule has 2 heterocycles. The third-order valence-corrected chi connectivity index (χ3v) is 6.22. The summed E-state index contributed by atoms with van der Waals surface area (Å²) in [7, 11) is 0. The number of aryl methyl sites for hydroxylation is 1. The van der Waals surface area contributed by atoms with Crippen molar-refractivity contribution in [2.75, 3.05) is 13.1 Å². The number of aliphatic hydroxyl groups is 1. The molecule has 4 nitrogen and oxygen atoms in total. The van der Waals surface area contributed by atoms with E-state index in [2.05, 4.69) is 16.0 Å². The fourth-order valence-electron chi connectivity index (χ4n) is 4.43. The molecule has 4 rings (SSSR count). The number of likely N-dealkylation sites (tertiary alicyclic amines) is 1. The fraction of sp³-hybridized carbons (Fsp3) is 0.308. The molecule has 0 bridgehead atoms. The number of piperidine rings is 1. The first-order valence-electron chi connectivity index (χ1n) is 10.7. The van der Waals surface area contributed by atoms with Crippen molar-refractivity contribution in [3.05, 3.63) is 88.1 Å². The quantitative estimate of drug-likeness (QED) is 0.535. The maximum Gasteiger partial charge on any atom is 0.103 e. The first kappa shape index (κ1) is 22.4. The zero-order chi connectivity index (χ0) is 22.7. The van der Waals surface area contributed by atoms with E-state index in [0.717, 1.165) is 16.7 Å². The SMILES string of the molecule is Cc1cc(Cl)cc(-c2ncccc2[C@@H](O)[C@H](c2ccc(C#N)cc2)N2CCC(F)CC2)c1. The monoisotopic (exact) mass is 449 g/mol. The standard InChI is InChI=1S/C26H25ClFN3O/c1-17-13-20(15-21(27)14-17)24-23(3-2-10-30-24)26(32)25(31-11-8-22(28)9-12-31)19-6-4-18(16-29)5-7-19/h2-7,10,13-15,22,25-26,32H,8-9,11-12H2,1H3/t25-,26+/m0/s1. The van der Waals surface area contributed by atoms with E-state index in [1.165, 1.54) is 0 Å². The van der Waals surface area contributed by atoms with Crippen molar-refractivity contribution >= 4 is 11.6 Å². The van der Waals surface area contributed by atoms with Crippen LogP contribution in [0.2, 0.25) is 5.02 Å². The Hall–Kier alpha value is -2.78. The van der Waals surface area contributed by atoms with Gasteiger partial charge in [0.2, 0.25) is 0 Å². The number of pyridine rings is 1. The second-order valence-electron chi connectivity index (χ2n) is 8.29. The smallest absolute Gasteiger partial charge is 0.103 e. The normalized spacial score (nSPS) is 17.0. The van der Waals surface area contributed by atoms with Gasteiger partial charge in [-0.05, 0) is 67.3 Å². The largest absolute Gasteiger partial charge is 0.386 e. The summed E-state index contributed by atoms with van der Waals surface area (Å²) < 4.78 is 13.9. The lowest BCUT2D eigenvalue weighted by molar-refractivity contribution is 0.0220. The van der Waals surface area contributed by atoms with Crippen molar-refractivity contribution in [1.82, 2.24) is 9.88 Å². The van der Waals surface area contributed by atoms with Gasteiger partial charge >= 0.3 is 0 Å². The molecule has 1 aromatic heterocycles. The van der Waals surface area contributed by atoms with E-state index in [1.807, 2.05) is 49.4 Å². The van der Waals surface area contributed by atoms with Crippen LogP contribution < -0.4 is 0 Å². The molecule has 1 N–H and O–H groups in total. The van der Waals surface area contributed by atoms with Gasteiger partial charge in [0.15, 0.2) is 0 Å². The summed E-state index contributed by atoms with van der Waals surface area (Å²) in [5.74, 6) is 0. The molecule has 1 aliphatic heterocycles. The zero-order valence-electron chi connectivity index (χ0n) is 17.9. The van der Waals surface area contributed by atoms with E-state index < -0.39 is 18.3 Å². The van der Waals surface area contributed by atoms with E-state index in [0.29, 0.717) is 47.8 Å². The minimum atomic E-state index is -0.901. The highest BCUT2D eigenvalue weighted by atomic mass is 35.5. The lowest BCUT2D eigenvalue weighted by Crippen LogP contribution is -2.40. The molecule has 1 aliphatic rings. The van der Waals surface area contributed by atoms with Crippen molar-refractivity contribution < 1.29 is 9.50 Å². The summed E-state index contributed by atoms with van der Waals surface area (Å²) in [6.07, 6.45) is 0.864. The van der Waals surface area contributed by atoms with E-state index >= 15 is 0 Å². The lowest BCUT2D eigenvalue weighted by atomic mass is 9.90. The number of aliphatic hydroxyl groups excluding tert-OH is 1. The Labute approximate surface area is 192 Å². The van der Waals surface area contributed by atoms with Crippen molar-refractivity contribution in [2.24, 2.45) is 0 Å². The molecule has 6 heteroatoms. The number of hydrogen-bond donors (Lipinski definition) is 1. The molecule has 0 amide bonds. The Balaban J connectivity index is 1.77. The minimum Gasteiger partial charge on any atom is -0.386 e. The Morgan fingerprint density at radius 3 is 2.53 bits per heavy atom. The second-order valence-corrected chi connectivity index (χ2v) is 8.73. The predicted molar refractivity (Wildman–Crippen MR) is 124 cm³/mol. The molecule has 0 saturated carbocycles. The molecule has 0 radical (unpaired) electrons. The topological polar surface area (TPSA) is 60.2 Å². The number of aromatic nitrogens is 1. The fourth-order valence-corrected chi connectivity index (χ4v) is 4.72. The third kappa shape index (κ3) is 4.83. The number of alkyl halides is 1. The number of benzene rings is 2. The van der Waals surface area contributed by atoms with Crippen LogP contribution in [0.15, 0.2) is 60.8 Å². The summed E-state index contributed by atoms with van der Waals surface area (Å²) in [4.78, 5) is 6.70. The van der Waals surface area contributed by atoms with Gasteiger partial charge in [0, 0.05) is 35.4 Å². The third-order valence-electron chi connectivity index (χ3n) is 6.01. The van der Waals surface area contributed by atoms with Crippen LogP contribution in [0, 0.1) is 18.3 Å². The maximum absolute atomic E-state index is 13.9. The van der Waals surface area contributed by atoms with Crippen LogP contribution in [0.1, 0.15) is 47.2 Å². The van der Waals surface area contributed by atoms with Gasteiger partial charge in [-0.1, -0.05) is 29.8 Å². The van der Waals surface area contributed by atoms with Gasteiger partial charge < -0.3 is 5.11 Å². The number of nitrogens with zero attached hydrogens (tertiary/aromatic N) is 3. The van der Waals surface area contributed by atoms with Gasteiger partial charge in [-0.25, -0.2) is 4.39 Å². The van der Waals surface area contributed by atoms with Crippen LogP contribution in [0.25, 0.3) is 11.3 Å². The Morgan fingerprint density at radius 1 is 1.16 bits per heavy atom. The van der Waals surface area contributed by atoms with E-state index in [1.54, 1.807) is 18.3 Å². The summed E-state index contributed by atoms with van der Waals surface area (Å²) >= 11 is 6.29. The average molecular weight is 450 g/mol. The van der Waals surface area contributed by atoms with E-state index in [-0.39, 0.29) is 0 Å². The molecule has 164 valence electrons. The molecule has 0 spiro atoms. The van der Waals surface area contributed by atoms with Crippen molar-refractivity contribution in [2.45, 2.75) is 38.1 Å². The lowest BCUT2D eigenvalue weighted by Gasteiger charge is -2.39. The summed E-state index contributed by atoms with van der Waals surface area (Å²) in [6, 6.07) is 18.4. The van der Waals surface area contributed by atoms with Gasteiger partial charge in [0.25, 0.3) is 0 Å². The summed E-state index contributed by atoms with van der Waals surface area (Å²) in [6.45, 7) is 3.07. The highest BCUT2D eigenvalue weighted by molar-refractivity contribution is 6.30. The van der Waals surface area contributed by atoms with Gasteiger partial charge in [0.05, 0.1) is 23.4 Å². The highest BCUT2D eigenvalue weighted by Gasteiger charge is 2.33. The highest BCUT2D eigenvalue weighted by Crippen LogP contribution is 2.39. The van der Waals surface area contributed by atoms with Crippen molar-refractivity contribution in [3.8, 4) is 17.3 Å². The molecule has 1 saturated heterocycles. The summed E-state index contributed by atoms with van der Waals surface area (Å²) in [5.41, 5.74) is 4.64. The molecule has 2 aromatic carbocycles. The molecule has 3 aromatic rings. The van der Waals surface area contributed by atoms with Crippen LogP contribution in [0.4, 0.5) is 4.39 Å². The Morgan fingerprint density at radius 2 is 1.88 bits per heavy atom. The summed E-state index contributed by atoms with van der Waals surface area (Å²) in [5, 5.41) is 21.5. The molecule has 0 aliphatic carbocycles. The molecule has 32 heavy (non-hydrogen) atoms. The van der Waals surface area contributed by atoms with Gasteiger partial charge in [-0.2, -0.15) is 5.26 Å². The predicted octanol–water partition coefficient (Wildman–Crippen LogP) is 5.79. The number of halogens is 2. The number of rotatable bonds is 5. The Kier molecular flexibility index (Phi) is 6.86. The van der Waals surface area contributed by atoms with Crippen LogP contribution in [0.5, 0.6) is 0 Å². The van der Waals surface area contributed by atoms with Crippen LogP contribution in [-0.4, -0.2) is 34.3 Å².